The quantitative estimate of drug-likeness (QED) is 0.848. The molecule has 0 fully saturated rings. The Morgan fingerprint density at radius 3 is 2.73 bits per heavy atom. The molecule has 22 heavy (non-hydrogen) atoms. The molecule has 6 nitrogen and oxygen atoms in total. The van der Waals surface area contributed by atoms with Crippen molar-refractivity contribution in [3.8, 4) is 0 Å². The second-order valence-corrected chi connectivity index (χ2v) is 6.16. The van der Waals surface area contributed by atoms with Crippen LogP contribution in [0.1, 0.15) is 40.0 Å². The molecule has 2 aromatic rings. The van der Waals surface area contributed by atoms with Crippen LogP contribution in [0, 0.1) is 5.92 Å². The first-order valence-electron chi connectivity index (χ1n) is 7.81. The van der Waals surface area contributed by atoms with Crippen LogP contribution in [0.3, 0.4) is 0 Å². The molecular formula is C16H24N4O2. The molecule has 1 N–H and O–H groups in total. The molecule has 6 heteroatoms. The van der Waals surface area contributed by atoms with Gasteiger partial charge in [0.1, 0.15) is 6.54 Å². The van der Waals surface area contributed by atoms with Crippen molar-refractivity contribution in [1.82, 2.24) is 19.5 Å². The maximum absolute atomic E-state index is 12.1. The second kappa shape index (κ2) is 7.24. The number of nitrogens with zero attached hydrogens (tertiary/aromatic N) is 3. The number of rotatable bonds is 7. The van der Waals surface area contributed by atoms with E-state index in [1.807, 2.05) is 13.0 Å². The second-order valence-electron chi connectivity index (χ2n) is 6.16. The number of aromatic nitrogens is 3. The fourth-order valence-corrected chi connectivity index (χ4v) is 2.43. The zero-order chi connectivity index (χ0) is 16.1. The number of fused-ring (bicyclic) bond motifs is 1. The average molecular weight is 304 g/mol. The molecule has 0 aliphatic carbocycles. The van der Waals surface area contributed by atoms with Gasteiger partial charge in [0.25, 0.3) is 0 Å². The summed E-state index contributed by atoms with van der Waals surface area (Å²) in [7, 11) is 0. The number of nitrogens with one attached hydrogen (secondary N) is 1. The van der Waals surface area contributed by atoms with Crippen molar-refractivity contribution in [2.75, 3.05) is 0 Å². The van der Waals surface area contributed by atoms with Gasteiger partial charge in [-0.2, -0.15) is 0 Å². The number of amides is 1. The molecular weight excluding hydrogens is 280 g/mol. The monoisotopic (exact) mass is 304 g/mol. The minimum Gasteiger partial charge on any atom is -0.352 e. The van der Waals surface area contributed by atoms with Crippen LogP contribution in [0.2, 0.25) is 0 Å². The van der Waals surface area contributed by atoms with E-state index in [2.05, 4.69) is 24.3 Å². The summed E-state index contributed by atoms with van der Waals surface area (Å²) in [5, 5.41) is 7.08. The van der Waals surface area contributed by atoms with E-state index >= 15 is 0 Å². The predicted molar refractivity (Wildman–Crippen MR) is 85.7 cm³/mol. The van der Waals surface area contributed by atoms with Gasteiger partial charge in [0.15, 0.2) is 5.65 Å². The van der Waals surface area contributed by atoms with E-state index in [1.54, 1.807) is 18.3 Å². The van der Waals surface area contributed by atoms with Crippen molar-refractivity contribution in [1.29, 1.82) is 0 Å². The average Bonchev–Trinajstić information content (AvgIpc) is 2.75. The Morgan fingerprint density at radius 2 is 2.05 bits per heavy atom. The van der Waals surface area contributed by atoms with E-state index in [-0.39, 0.29) is 24.2 Å². The number of pyridine rings is 1. The van der Waals surface area contributed by atoms with E-state index in [0.29, 0.717) is 11.6 Å². The smallest absolute Gasteiger partial charge is 0.350 e. The van der Waals surface area contributed by atoms with Crippen molar-refractivity contribution < 1.29 is 4.79 Å². The Morgan fingerprint density at radius 1 is 1.27 bits per heavy atom. The third-order valence-corrected chi connectivity index (χ3v) is 3.61. The fourth-order valence-electron chi connectivity index (χ4n) is 2.43. The molecule has 2 rings (SSSR count). The van der Waals surface area contributed by atoms with Gasteiger partial charge in [-0.3, -0.25) is 9.20 Å². The van der Waals surface area contributed by atoms with E-state index in [9.17, 15) is 9.59 Å². The maximum Gasteiger partial charge on any atom is 0.350 e. The van der Waals surface area contributed by atoms with Crippen molar-refractivity contribution in [2.45, 2.75) is 52.6 Å². The SMILES string of the molecule is CC(C)CCCC(C)NC(=O)Cn1nc2ccccn2c1=O. The van der Waals surface area contributed by atoms with E-state index in [4.69, 9.17) is 0 Å². The van der Waals surface area contributed by atoms with Gasteiger partial charge < -0.3 is 5.32 Å². The standard InChI is InChI=1S/C16H24N4O2/c1-12(2)7-6-8-13(3)17-15(21)11-20-16(22)19-10-5-4-9-14(19)18-20/h4-5,9-10,12-13H,6-8,11H2,1-3H3,(H,17,21). The molecule has 0 saturated heterocycles. The third-order valence-electron chi connectivity index (χ3n) is 3.61. The minimum absolute atomic E-state index is 0.0466. The molecule has 0 spiro atoms. The zero-order valence-electron chi connectivity index (χ0n) is 13.5. The van der Waals surface area contributed by atoms with Gasteiger partial charge in [0.2, 0.25) is 5.91 Å². The normalized spacial score (nSPS) is 12.7. The lowest BCUT2D eigenvalue weighted by molar-refractivity contribution is -0.122. The first-order chi connectivity index (χ1) is 10.5. The van der Waals surface area contributed by atoms with Gasteiger partial charge in [0.05, 0.1) is 0 Å². The molecule has 120 valence electrons. The highest BCUT2D eigenvalue weighted by Gasteiger charge is 2.12. The molecule has 1 atom stereocenters. The molecule has 0 saturated carbocycles. The van der Waals surface area contributed by atoms with Gasteiger partial charge >= 0.3 is 5.69 Å². The Kier molecular flexibility index (Phi) is 5.35. The van der Waals surface area contributed by atoms with Crippen molar-refractivity contribution in [2.24, 2.45) is 5.92 Å². The van der Waals surface area contributed by atoms with Gasteiger partial charge in [-0.25, -0.2) is 9.48 Å². The predicted octanol–water partition coefficient (Wildman–Crippen LogP) is 1.83. The first kappa shape index (κ1) is 16.3. The fraction of sp³-hybridized carbons (Fsp3) is 0.562. The lowest BCUT2D eigenvalue weighted by Gasteiger charge is -2.14. The number of hydrogen-bond donors (Lipinski definition) is 1. The summed E-state index contributed by atoms with van der Waals surface area (Å²) in [4.78, 5) is 24.1. The van der Waals surface area contributed by atoms with Crippen molar-refractivity contribution in [3.63, 3.8) is 0 Å². The van der Waals surface area contributed by atoms with E-state index < -0.39 is 0 Å². The van der Waals surface area contributed by atoms with Crippen LogP contribution in [-0.4, -0.2) is 26.1 Å². The Balaban J connectivity index is 1.91. The summed E-state index contributed by atoms with van der Waals surface area (Å²) >= 11 is 0. The van der Waals surface area contributed by atoms with Crippen LogP contribution in [0.25, 0.3) is 5.65 Å². The molecule has 0 aromatic carbocycles. The Labute approximate surface area is 130 Å². The summed E-state index contributed by atoms with van der Waals surface area (Å²) in [5.74, 6) is 0.502. The Bertz CT molecular complexity index is 687. The molecule has 2 aromatic heterocycles. The van der Waals surface area contributed by atoms with Crippen molar-refractivity contribution >= 4 is 11.6 Å². The van der Waals surface area contributed by atoms with Crippen LogP contribution in [0.4, 0.5) is 0 Å². The molecule has 1 amide bonds. The van der Waals surface area contributed by atoms with Gasteiger partial charge in [-0.15, -0.1) is 5.10 Å². The summed E-state index contributed by atoms with van der Waals surface area (Å²) in [5.41, 5.74) is 0.253. The molecule has 1 unspecified atom stereocenters. The van der Waals surface area contributed by atoms with Crippen LogP contribution in [0.5, 0.6) is 0 Å². The minimum atomic E-state index is -0.293. The lowest BCUT2D eigenvalue weighted by Crippen LogP contribution is -2.37. The zero-order valence-corrected chi connectivity index (χ0v) is 13.5. The van der Waals surface area contributed by atoms with Crippen LogP contribution < -0.4 is 11.0 Å². The Hall–Kier alpha value is -2.11. The van der Waals surface area contributed by atoms with Crippen LogP contribution in [0.15, 0.2) is 29.2 Å². The van der Waals surface area contributed by atoms with Crippen LogP contribution >= 0.6 is 0 Å². The molecule has 0 radical (unpaired) electrons. The summed E-state index contributed by atoms with van der Waals surface area (Å²) in [6.45, 7) is 6.33. The molecule has 0 aliphatic rings. The van der Waals surface area contributed by atoms with Gasteiger partial charge in [-0.1, -0.05) is 32.8 Å². The number of carbonyl (C=O) groups is 1. The number of hydrogen-bond acceptors (Lipinski definition) is 3. The van der Waals surface area contributed by atoms with Crippen molar-refractivity contribution in [3.05, 3.63) is 34.9 Å². The highest BCUT2D eigenvalue weighted by molar-refractivity contribution is 5.75. The highest BCUT2D eigenvalue weighted by atomic mass is 16.2. The highest BCUT2D eigenvalue weighted by Crippen LogP contribution is 2.08. The van der Waals surface area contributed by atoms with Gasteiger partial charge in [-0.05, 0) is 31.4 Å². The molecule has 0 aliphatic heterocycles. The molecule has 0 bridgehead atoms. The van der Waals surface area contributed by atoms with Crippen LogP contribution in [-0.2, 0) is 11.3 Å². The largest absolute Gasteiger partial charge is 0.352 e. The first-order valence-corrected chi connectivity index (χ1v) is 7.81. The van der Waals surface area contributed by atoms with Gasteiger partial charge in [0, 0.05) is 12.2 Å². The van der Waals surface area contributed by atoms with E-state index in [1.165, 1.54) is 9.08 Å². The lowest BCUT2D eigenvalue weighted by atomic mass is 10.0. The third kappa shape index (κ3) is 4.19. The maximum atomic E-state index is 12.1. The van der Waals surface area contributed by atoms with E-state index in [0.717, 1.165) is 19.3 Å². The summed E-state index contributed by atoms with van der Waals surface area (Å²) in [6.07, 6.45) is 4.84. The number of carbonyl (C=O) groups excluding carboxylic acids is 1. The summed E-state index contributed by atoms with van der Waals surface area (Å²) < 4.78 is 2.63. The summed E-state index contributed by atoms with van der Waals surface area (Å²) in [6, 6.07) is 5.42. The topological polar surface area (TPSA) is 68.4 Å². The molecule has 2 heterocycles.